The van der Waals surface area contributed by atoms with Crippen molar-refractivity contribution < 1.29 is 31.5 Å². The highest BCUT2D eigenvalue weighted by Crippen LogP contribution is 2.38. The predicted octanol–water partition coefficient (Wildman–Crippen LogP) is 5.27. The number of phenolic OH excluding ortho intramolecular Hbond substituents is 1. The number of carbonyl (C=O) groups is 1. The summed E-state index contributed by atoms with van der Waals surface area (Å²) in [5, 5.41) is 13.0. The molecule has 0 radical (unpaired) electrons. The maximum Gasteiger partial charge on any atom is 0.475 e. The number of alkyl halides is 3. The summed E-state index contributed by atoms with van der Waals surface area (Å²) in [5.74, 6) is -1.07. The van der Waals surface area contributed by atoms with Gasteiger partial charge in [0, 0.05) is 21.6 Å². The van der Waals surface area contributed by atoms with E-state index in [0.29, 0.717) is 16.0 Å². The number of carbonyl (C=O) groups excluding carboxylic acids is 1. The standard InChI is InChI=1S/C20H21ClF3NO4S2/c1-10-15(30(5)28)9-12(19(2,3)4)17(26)16(10)18(27)25-14-7-6-11(8-13(14)21)31(29)20(22,23)24/h6-9,26H,1-5H3,(H,25,27). The van der Waals surface area contributed by atoms with E-state index in [9.17, 15) is 31.5 Å². The van der Waals surface area contributed by atoms with Crippen molar-refractivity contribution in [2.75, 3.05) is 11.6 Å². The van der Waals surface area contributed by atoms with Crippen LogP contribution in [0.3, 0.4) is 0 Å². The quantitative estimate of drug-likeness (QED) is 0.605. The molecule has 0 aromatic heterocycles. The number of hydrogen-bond donors (Lipinski definition) is 2. The summed E-state index contributed by atoms with van der Waals surface area (Å²) >= 11 is 5.99. The van der Waals surface area contributed by atoms with E-state index in [4.69, 9.17) is 11.6 Å². The number of aromatic hydroxyl groups is 1. The molecule has 2 aromatic carbocycles. The Kier molecular flexibility index (Phi) is 7.29. The number of halogens is 4. The molecule has 0 heterocycles. The molecule has 2 aromatic rings. The lowest BCUT2D eigenvalue weighted by Gasteiger charge is -2.24. The summed E-state index contributed by atoms with van der Waals surface area (Å²) in [6.07, 6.45) is 1.45. The van der Waals surface area contributed by atoms with Crippen LogP contribution < -0.4 is 5.32 Å². The van der Waals surface area contributed by atoms with Crippen LogP contribution in [0.2, 0.25) is 5.02 Å². The van der Waals surface area contributed by atoms with Gasteiger partial charge in [-0.1, -0.05) is 32.4 Å². The molecule has 2 atom stereocenters. The maximum absolute atomic E-state index is 13.0. The van der Waals surface area contributed by atoms with Gasteiger partial charge < -0.3 is 10.4 Å². The van der Waals surface area contributed by atoms with Crippen molar-refractivity contribution in [1.82, 2.24) is 0 Å². The van der Waals surface area contributed by atoms with Crippen molar-refractivity contribution >= 4 is 44.8 Å². The molecule has 0 saturated carbocycles. The molecule has 0 saturated heterocycles. The van der Waals surface area contributed by atoms with Crippen molar-refractivity contribution in [3.63, 3.8) is 0 Å². The fraction of sp³-hybridized carbons (Fsp3) is 0.350. The molecule has 2 N–H and O–H groups in total. The third-order valence-corrected chi connectivity index (χ3v) is 6.93. The fourth-order valence-electron chi connectivity index (χ4n) is 2.92. The summed E-state index contributed by atoms with van der Waals surface area (Å²) in [6.45, 7) is 6.99. The van der Waals surface area contributed by atoms with Gasteiger partial charge in [0.2, 0.25) is 0 Å². The largest absolute Gasteiger partial charge is 0.507 e. The second kappa shape index (κ2) is 8.91. The number of amides is 1. The number of hydrogen-bond acceptors (Lipinski definition) is 4. The first-order chi connectivity index (χ1) is 14.1. The molecule has 0 aliphatic rings. The summed E-state index contributed by atoms with van der Waals surface area (Å²) in [4.78, 5) is 12.8. The van der Waals surface area contributed by atoms with Gasteiger partial charge in [0.05, 0.1) is 27.1 Å². The number of benzene rings is 2. The second-order valence-electron chi connectivity index (χ2n) is 7.79. The highest BCUT2D eigenvalue weighted by Gasteiger charge is 2.38. The van der Waals surface area contributed by atoms with E-state index in [1.807, 2.05) is 20.8 Å². The molecule has 0 aliphatic heterocycles. The van der Waals surface area contributed by atoms with Crippen LogP contribution in [-0.2, 0) is 27.0 Å². The van der Waals surface area contributed by atoms with Crippen LogP contribution in [0.25, 0.3) is 0 Å². The smallest absolute Gasteiger partial charge is 0.475 e. The first-order valence-corrected chi connectivity index (χ1v) is 11.9. The Bertz CT molecular complexity index is 1100. The van der Waals surface area contributed by atoms with E-state index < -0.39 is 43.3 Å². The average molecular weight is 496 g/mol. The van der Waals surface area contributed by atoms with Crippen LogP contribution in [0.4, 0.5) is 18.9 Å². The molecule has 1 amide bonds. The first-order valence-electron chi connectivity index (χ1n) is 8.85. The third kappa shape index (κ3) is 5.48. The van der Waals surface area contributed by atoms with Crippen LogP contribution >= 0.6 is 11.6 Å². The molecule has 11 heteroatoms. The molecule has 0 spiro atoms. The van der Waals surface area contributed by atoms with E-state index in [1.54, 1.807) is 6.07 Å². The van der Waals surface area contributed by atoms with Crippen LogP contribution in [0.1, 0.15) is 42.3 Å². The lowest BCUT2D eigenvalue weighted by molar-refractivity contribution is -0.0384. The van der Waals surface area contributed by atoms with Gasteiger partial charge >= 0.3 is 5.51 Å². The predicted molar refractivity (Wildman–Crippen MR) is 116 cm³/mol. The molecule has 0 bridgehead atoms. The Morgan fingerprint density at radius 3 is 2.16 bits per heavy atom. The number of nitrogens with one attached hydrogen (secondary N) is 1. The molecule has 31 heavy (non-hydrogen) atoms. The zero-order chi connectivity index (χ0) is 23.9. The van der Waals surface area contributed by atoms with Gasteiger partial charge in [-0.05, 0) is 42.2 Å². The van der Waals surface area contributed by atoms with E-state index in [2.05, 4.69) is 5.32 Å². The molecule has 170 valence electrons. The Morgan fingerprint density at radius 2 is 1.71 bits per heavy atom. The van der Waals surface area contributed by atoms with Gasteiger partial charge in [0.25, 0.3) is 5.91 Å². The minimum absolute atomic E-state index is 0.0336. The van der Waals surface area contributed by atoms with E-state index in [-0.39, 0.29) is 22.0 Å². The van der Waals surface area contributed by atoms with E-state index >= 15 is 0 Å². The van der Waals surface area contributed by atoms with Gasteiger partial charge in [-0.25, -0.2) is 4.21 Å². The zero-order valence-electron chi connectivity index (χ0n) is 17.3. The van der Waals surface area contributed by atoms with Crippen LogP contribution in [0.5, 0.6) is 5.75 Å². The Balaban J connectivity index is 2.52. The summed E-state index contributed by atoms with van der Waals surface area (Å²) in [7, 11) is -4.71. The third-order valence-electron chi connectivity index (χ3n) is 4.47. The van der Waals surface area contributed by atoms with Crippen molar-refractivity contribution in [1.29, 1.82) is 0 Å². The van der Waals surface area contributed by atoms with Crippen molar-refractivity contribution in [3.05, 3.63) is 46.0 Å². The number of anilines is 1. The molecule has 2 rings (SSSR count). The molecular formula is C20H21ClF3NO4S2. The van der Waals surface area contributed by atoms with Gasteiger partial charge in [-0.15, -0.1) is 0 Å². The number of phenols is 1. The SMILES string of the molecule is Cc1c(S(C)=O)cc(C(C)(C)C)c(O)c1C(=O)Nc1ccc(S(=O)C(F)(F)F)cc1Cl. The Morgan fingerprint density at radius 1 is 1.13 bits per heavy atom. The lowest BCUT2D eigenvalue weighted by Crippen LogP contribution is -2.20. The summed E-state index contributed by atoms with van der Waals surface area (Å²) in [5.41, 5.74) is -4.95. The van der Waals surface area contributed by atoms with Gasteiger partial charge in [0.1, 0.15) is 5.75 Å². The van der Waals surface area contributed by atoms with Crippen LogP contribution in [0, 0.1) is 6.92 Å². The molecule has 0 aliphatic carbocycles. The van der Waals surface area contributed by atoms with Gasteiger partial charge in [-0.3, -0.25) is 9.00 Å². The van der Waals surface area contributed by atoms with E-state index in [1.165, 1.54) is 13.2 Å². The van der Waals surface area contributed by atoms with Gasteiger partial charge in [0.15, 0.2) is 10.8 Å². The molecular weight excluding hydrogens is 475 g/mol. The van der Waals surface area contributed by atoms with Crippen molar-refractivity contribution in [3.8, 4) is 5.75 Å². The lowest BCUT2D eigenvalue weighted by atomic mass is 9.84. The average Bonchev–Trinajstić information content (AvgIpc) is 2.60. The highest BCUT2D eigenvalue weighted by atomic mass is 35.5. The maximum atomic E-state index is 13.0. The van der Waals surface area contributed by atoms with Crippen molar-refractivity contribution in [2.24, 2.45) is 0 Å². The minimum atomic E-state index is -4.95. The second-order valence-corrected chi connectivity index (χ2v) is 11.0. The summed E-state index contributed by atoms with van der Waals surface area (Å²) in [6, 6.07) is 4.48. The van der Waals surface area contributed by atoms with Crippen LogP contribution in [0.15, 0.2) is 34.1 Å². The minimum Gasteiger partial charge on any atom is -0.507 e. The monoisotopic (exact) mass is 495 g/mol. The number of rotatable bonds is 4. The molecule has 2 unspecified atom stereocenters. The fourth-order valence-corrected chi connectivity index (χ4v) is 4.72. The van der Waals surface area contributed by atoms with Crippen molar-refractivity contribution in [2.45, 2.75) is 48.4 Å². The highest BCUT2D eigenvalue weighted by molar-refractivity contribution is 7.86. The molecule has 5 nitrogen and oxygen atoms in total. The Labute approximate surface area is 187 Å². The molecule has 0 fully saturated rings. The normalized spacial score (nSPS) is 14.2. The first kappa shape index (κ1) is 25.4. The topological polar surface area (TPSA) is 83.5 Å². The van der Waals surface area contributed by atoms with E-state index in [0.717, 1.165) is 18.2 Å². The van der Waals surface area contributed by atoms with Crippen LogP contribution in [-0.4, -0.2) is 31.2 Å². The summed E-state index contributed by atoms with van der Waals surface area (Å²) < 4.78 is 61.6. The zero-order valence-corrected chi connectivity index (χ0v) is 19.7. The Hall–Kier alpha value is -1.91. The van der Waals surface area contributed by atoms with Gasteiger partial charge in [-0.2, -0.15) is 13.2 Å².